The summed E-state index contributed by atoms with van der Waals surface area (Å²) in [5.74, 6) is 0.529. The van der Waals surface area contributed by atoms with Gasteiger partial charge >= 0.3 is 0 Å². The number of rotatable bonds is 0. The molecule has 2 bridgehead atoms. The van der Waals surface area contributed by atoms with Gasteiger partial charge in [0.1, 0.15) is 5.75 Å². The number of hydrogen-bond donors (Lipinski definition) is 2. The molecule has 2 N–H and O–H groups in total. The molecule has 0 saturated heterocycles. The largest absolute Gasteiger partial charge is 0.490 e. The summed E-state index contributed by atoms with van der Waals surface area (Å²) in [5.41, 5.74) is 3.34. The molecule has 0 radical (unpaired) electrons. The molecular weight excluding hydrogens is 548 g/mol. The Morgan fingerprint density at radius 1 is 1.12 bits per heavy atom. The molecule has 2 aromatic rings. The maximum absolute atomic E-state index is 13.2. The molecule has 214 valence electrons. The smallest absolute Gasteiger partial charge is 0.264 e. The van der Waals surface area contributed by atoms with E-state index in [-0.39, 0.29) is 23.3 Å². The standard InChI is InChI=1S/C31H37ClN2O5S/c1-20-5-2-3-7-28(35)25-11-8-23(25)17-34-18-31(14-4-6-21-15-24(32)10-12-26(21)31)19-39-29-13-9-22(16-27(29)34)30(36)33-40(20,37)38/h2-3,9-10,12-13,15-16,20,23,25,28,35H,4-8,11,14,17-19H2,1H3,(H,33,36)/b3-2-/t20-,23+,25-,28-,31+/m1/s1. The van der Waals surface area contributed by atoms with Crippen LogP contribution < -0.4 is 14.4 Å². The molecule has 2 aliphatic heterocycles. The maximum Gasteiger partial charge on any atom is 0.264 e. The van der Waals surface area contributed by atoms with E-state index < -0.39 is 27.3 Å². The maximum atomic E-state index is 13.2. The lowest BCUT2D eigenvalue weighted by Crippen LogP contribution is -2.49. The van der Waals surface area contributed by atoms with Gasteiger partial charge in [0.2, 0.25) is 10.0 Å². The topological polar surface area (TPSA) is 95.9 Å². The third kappa shape index (κ3) is 5.14. The Labute approximate surface area is 241 Å². The van der Waals surface area contributed by atoms with Gasteiger partial charge in [-0.25, -0.2) is 13.1 Å². The first-order valence-corrected chi connectivity index (χ1v) is 16.3. The van der Waals surface area contributed by atoms with Crippen molar-refractivity contribution in [3.05, 3.63) is 70.3 Å². The van der Waals surface area contributed by atoms with E-state index >= 15 is 0 Å². The van der Waals surface area contributed by atoms with Crippen LogP contribution in [0.15, 0.2) is 48.6 Å². The van der Waals surface area contributed by atoms with Crippen LogP contribution in [0.2, 0.25) is 5.02 Å². The lowest BCUT2D eigenvalue weighted by atomic mass is 9.68. The third-order valence-electron chi connectivity index (χ3n) is 9.50. The number of allylic oxidation sites excluding steroid dienone is 1. The molecule has 0 unspecified atom stereocenters. The minimum Gasteiger partial charge on any atom is -0.490 e. The minimum absolute atomic E-state index is 0.172. The zero-order chi connectivity index (χ0) is 28.1. The van der Waals surface area contributed by atoms with Crippen molar-refractivity contribution in [1.29, 1.82) is 0 Å². The molecule has 9 heteroatoms. The van der Waals surface area contributed by atoms with Crippen molar-refractivity contribution in [1.82, 2.24) is 4.72 Å². The normalized spacial score (nSPS) is 32.5. The van der Waals surface area contributed by atoms with Gasteiger partial charge in [0.05, 0.1) is 23.6 Å². The van der Waals surface area contributed by atoms with E-state index in [1.54, 1.807) is 31.2 Å². The Bertz CT molecular complexity index is 1440. The average molecular weight is 585 g/mol. The van der Waals surface area contributed by atoms with Crippen molar-refractivity contribution in [2.75, 3.05) is 24.6 Å². The van der Waals surface area contributed by atoms with Gasteiger partial charge in [0.15, 0.2) is 0 Å². The number of fused-ring (bicyclic) bond motifs is 4. The van der Waals surface area contributed by atoms with Crippen molar-refractivity contribution >= 4 is 33.2 Å². The number of aryl methyl sites for hydroxylation is 1. The number of sulfonamides is 1. The molecule has 2 heterocycles. The summed E-state index contributed by atoms with van der Waals surface area (Å²) in [6, 6.07) is 11.4. The molecule has 1 amide bonds. The van der Waals surface area contributed by atoms with E-state index in [0.717, 1.165) is 49.4 Å². The highest BCUT2D eigenvalue weighted by molar-refractivity contribution is 7.90. The van der Waals surface area contributed by atoms with Crippen LogP contribution in [0.4, 0.5) is 5.69 Å². The van der Waals surface area contributed by atoms with Crippen LogP contribution >= 0.6 is 11.6 Å². The molecular formula is C31H37ClN2O5S. The number of anilines is 1. The lowest BCUT2D eigenvalue weighted by Gasteiger charge is -2.45. The fourth-order valence-corrected chi connectivity index (χ4v) is 8.12. The number of benzene rings is 2. The molecule has 40 heavy (non-hydrogen) atoms. The number of aliphatic hydroxyl groups is 1. The van der Waals surface area contributed by atoms with Crippen molar-refractivity contribution in [3.63, 3.8) is 0 Å². The second-order valence-corrected chi connectivity index (χ2v) is 14.6. The summed E-state index contributed by atoms with van der Waals surface area (Å²) in [4.78, 5) is 15.5. The highest BCUT2D eigenvalue weighted by Crippen LogP contribution is 2.46. The highest BCUT2D eigenvalue weighted by Gasteiger charge is 2.44. The number of nitrogens with one attached hydrogen (secondary N) is 1. The second-order valence-electron chi connectivity index (χ2n) is 12.1. The summed E-state index contributed by atoms with van der Waals surface area (Å²) in [6.07, 6.45) is 8.93. The zero-order valence-corrected chi connectivity index (χ0v) is 24.4. The van der Waals surface area contributed by atoms with Gasteiger partial charge in [-0.15, -0.1) is 0 Å². The highest BCUT2D eigenvalue weighted by atomic mass is 35.5. The van der Waals surface area contributed by atoms with Crippen molar-refractivity contribution in [2.24, 2.45) is 11.8 Å². The lowest BCUT2D eigenvalue weighted by molar-refractivity contribution is 0.0177. The first kappa shape index (κ1) is 27.6. The number of carbonyl (C=O) groups excluding carboxylic acids is 1. The van der Waals surface area contributed by atoms with Crippen LogP contribution in [-0.2, 0) is 21.9 Å². The third-order valence-corrected chi connectivity index (χ3v) is 11.5. The van der Waals surface area contributed by atoms with E-state index in [4.69, 9.17) is 16.3 Å². The average Bonchev–Trinajstić information content (AvgIpc) is 3.05. The van der Waals surface area contributed by atoms with E-state index in [9.17, 15) is 18.3 Å². The summed E-state index contributed by atoms with van der Waals surface area (Å²) < 4.78 is 34.6. The van der Waals surface area contributed by atoms with Gasteiger partial charge in [-0.3, -0.25) is 4.79 Å². The van der Waals surface area contributed by atoms with Crippen LogP contribution in [0.5, 0.6) is 5.75 Å². The van der Waals surface area contributed by atoms with Crippen molar-refractivity contribution in [3.8, 4) is 5.75 Å². The van der Waals surface area contributed by atoms with Gasteiger partial charge in [-0.1, -0.05) is 29.8 Å². The van der Waals surface area contributed by atoms with Crippen LogP contribution in [-0.4, -0.2) is 50.5 Å². The molecule has 1 saturated carbocycles. The Hall–Kier alpha value is -2.55. The van der Waals surface area contributed by atoms with Gasteiger partial charge in [0.25, 0.3) is 5.91 Å². The zero-order valence-electron chi connectivity index (χ0n) is 22.8. The molecule has 4 aliphatic rings. The van der Waals surface area contributed by atoms with Crippen LogP contribution in [0, 0.1) is 11.8 Å². The van der Waals surface area contributed by atoms with Crippen LogP contribution in [0.3, 0.4) is 0 Å². The Balaban J connectivity index is 1.42. The summed E-state index contributed by atoms with van der Waals surface area (Å²) in [7, 11) is -3.88. The predicted molar refractivity (Wildman–Crippen MR) is 157 cm³/mol. The number of amides is 1. The van der Waals surface area contributed by atoms with Crippen LogP contribution in [0.1, 0.15) is 66.9 Å². The quantitative estimate of drug-likeness (QED) is 0.423. The molecule has 7 nitrogen and oxygen atoms in total. The first-order valence-electron chi connectivity index (χ1n) is 14.3. The Morgan fingerprint density at radius 3 is 2.75 bits per heavy atom. The molecule has 1 spiro atoms. The summed E-state index contributed by atoms with van der Waals surface area (Å²) in [6.45, 7) is 3.52. The minimum atomic E-state index is -3.88. The molecule has 2 aromatic carbocycles. The number of aliphatic hydroxyl groups excluding tert-OH is 1. The van der Waals surface area contributed by atoms with Crippen molar-refractivity contribution in [2.45, 2.75) is 68.6 Å². The van der Waals surface area contributed by atoms with Crippen molar-refractivity contribution < 1.29 is 23.1 Å². The fourth-order valence-electron chi connectivity index (χ4n) is 6.98. The van der Waals surface area contributed by atoms with E-state index in [1.807, 2.05) is 12.1 Å². The molecule has 6 rings (SSSR count). The van der Waals surface area contributed by atoms with Gasteiger partial charge in [-0.05, 0) is 105 Å². The van der Waals surface area contributed by atoms with E-state index in [2.05, 4.69) is 21.8 Å². The molecule has 2 aliphatic carbocycles. The monoisotopic (exact) mass is 584 g/mol. The second kappa shape index (κ2) is 10.7. The SMILES string of the molecule is C[C@@H]1C/C=C\C[C@@H](O)[C@@H]2CC[C@H]2CN2C[C@@]3(CCCc4cc(Cl)ccc43)COc3ccc(cc32)C(=O)NS1(=O)=O. The van der Waals surface area contributed by atoms with Gasteiger partial charge in [-0.2, -0.15) is 0 Å². The number of halogens is 1. The number of carbonyl (C=O) groups is 1. The van der Waals surface area contributed by atoms with Gasteiger partial charge in [0, 0.05) is 29.1 Å². The Morgan fingerprint density at radius 2 is 1.95 bits per heavy atom. The molecule has 1 fully saturated rings. The molecule has 0 aromatic heterocycles. The van der Waals surface area contributed by atoms with Crippen LogP contribution in [0.25, 0.3) is 0 Å². The number of hydrogen-bond acceptors (Lipinski definition) is 6. The summed E-state index contributed by atoms with van der Waals surface area (Å²) in [5, 5.41) is 11.0. The molecule has 5 atom stereocenters. The number of ether oxygens (including phenoxy) is 1. The van der Waals surface area contributed by atoms with E-state index in [0.29, 0.717) is 31.2 Å². The first-order chi connectivity index (χ1) is 19.1. The van der Waals surface area contributed by atoms with E-state index in [1.165, 1.54) is 11.1 Å². The summed E-state index contributed by atoms with van der Waals surface area (Å²) >= 11 is 6.37. The Kier molecular flexibility index (Phi) is 7.38. The fraction of sp³-hybridized carbons (Fsp3) is 0.516. The predicted octanol–water partition coefficient (Wildman–Crippen LogP) is 5.00. The number of nitrogens with zero attached hydrogens (tertiary/aromatic N) is 1. The van der Waals surface area contributed by atoms with Gasteiger partial charge < -0.3 is 14.7 Å².